The second-order valence-electron chi connectivity index (χ2n) is 5.75. The Balaban J connectivity index is 0.000000321. The van der Waals surface area contributed by atoms with Crippen molar-refractivity contribution >= 4 is 30.7 Å². The molecule has 0 amide bonds. The zero-order valence-electron chi connectivity index (χ0n) is 14.7. The number of fused-ring (bicyclic) bond motifs is 1. The van der Waals surface area contributed by atoms with Gasteiger partial charge in [0.1, 0.15) is 10.5 Å². The predicted octanol–water partition coefficient (Wildman–Crippen LogP) is 6.35. The van der Waals surface area contributed by atoms with Crippen LogP contribution in [0.2, 0.25) is 0 Å². The normalized spacial score (nSPS) is 13.2. The Bertz CT molecular complexity index is 1100. The number of hydrogen-bond acceptors (Lipinski definition) is 3. The fourth-order valence-electron chi connectivity index (χ4n) is 2.50. The first-order chi connectivity index (χ1) is 13.3. The van der Waals surface area contributed by atoms with Crippen molar-refractivity contribution in [3.8, 4) is 10.4 Å². The van der Waals surface area contributed by atoms with Crippen molar-refractivity contribution in [3.63, 3.8) is 0 Å². The highest BCUT2D eigenvalue weighted by Gasteiger charge is 2.48. The summed E-state index contributed by atoms with van der Waals surface area (Å²) in [5, 5.41) is 0.676. The van der Waals surface area contributed by atoms with Gasteiger partial charge in [-0.25, -0.2) is 8.42 Å². The standard InChI is InChI=1S/C17H14F3S.CHF3O3S/c1-2-12-6-5-8-13(10-12)16-11-14-7-3-4-9-15(14)21(16)17(18,19)20;2-1(3,4)8(5,6)7/h3-11H,2H2,1H3;(H,5,6,7)/q+1;/p-1. The van der Waals surface area contributed by atoms with Crippen molar-refractivity contribution in [2.75, 3.05) is 0 Å². The highest BCUT2D eigenvalue weighted by Crippen LogP contribution is 2.54. The lowest BCUT2D eigenvalue weighted by Crippen LogP contribution is -2.21. The SMILES string of the molecule is CCc1cccc(-c2cc3ccccc3[s+]2C(F)(F)F)c1.O=S(=O)([O-])C(F)(F)F. The van der Waals surface area contributed by atoms with E-state index in [-0.39, 0.29) is 0 Å². The molecule has 2 aromatic carbocycles. The zero-order chi connectivity index (χ0) is 22.0. The first kappa shape index (κ1) is 23.2. The molecule has 0 N–H and O–H groups in total. The van der Waals surface area contributed by atoms with Crippen molar-refractivity contribution in [2.45, 2.75) is 24.4 Å². The summed E-state index contributed by atoms with van der Waals surface area (Å²) in [7, 11) is -7.95. The number of alkyl halides is 6. The van der Waals surface area contributed by atoms with Gasteiger partial charge in [-0.2, -0.15) is 13.2 Å². The first-order valence-corrected chi connectivity index (χ1v) is 10.6. The summed E-state index contributed by atoms with van der Waals surface area (Å²) in [6.07, 6.45) is 0.813. The van der Waals surface area contributed by atoms with E-state index in [2.05, 4.69) is 0 Å². The van der Waals surface area contributed by atoms with Gasteiger partial charge in [0.05, 0.1) is 0 Å². The van der Waals surface area contributed by atoms with Gasteiger partial charge in [-0.1, -0.05) is 31.2 Å². The van der Waals surface area contributed by atoms with E-state index in [4.69, 9.17) is 13.0 Å². The molecule has 0 aliphatic heterocycles. The molecule has 1 aromatic heterocycles. The van der Waals surface area contributed by atoms with Crippen molar-refractivity contribution in [1.82, 2.24) is 0 Å². The van der Waals surface area contributed by atoms with Crippen LogP contribution >= 0.6 is 10.5 Å². The fraction of sp³-hybridized carbons (Fsp3) is 0.222. The Labute approximate surface area is 165 Å². The molecule has 0 fully saturated rings. The highest BCUT2D eigenvalue weighted by atomic mass is 32.2. The minimum atomic E-state index is -6.09. The summed E-state index contributed by atoms with van der Waals surface area (Å²) in [4.78, 5) is 0.374. The van der Waals surface area contributed by atoms with Crippen LogP contribution in [0.4, 0.5) is 26.3 Å². The smallest absolute Gasteiger partial charge is 0.601 e. The maximum absolute atomic E-state index is 13.5. The van der Waals surface area contributed by atoms with E-state index in [0.29, 0.717) is 20.5 Å². The molecule has 0 saturated heterocycles. The van der Waals surface area contributed by atoms with E-state index >= 15 is 0 Å². The molecular formula is C18H14F6O3S2. The van der Waals surface area contributed by atoms with Crippen LogP contribution in [0.25, 0.3) is 20.5 Å². The molecule has 0 aliphatic rings. The predicted molar refractivity (Wildman–Crippen MR) is 98.3 cm³/mol. The molecule has 1 heterocycles. The van der Waals surface area contributed by atoms with E-state index in [1.54, 1.807) is 36.4 Å². The lowest BCUT2D eigenvalue weighted by atomic mass is 10.1. The summed E-state index contributed by atoms with van der Waals surface area (Å²) in [5.74, 6) is 0. The number of aryl methyl sites for hydroxylation is 1. The Morgan fingerprint density at radius 3 is 2.03 bits per heavy atom. The quantitative estimate of drug-likeness (QED) is 0.196. The minimum absolute atomic E-state index is 0.374. The molecule has 158 valence electrons. The van der Waals surface area contributed by atoms with Gasteiger partial charge in [-0.05, 0) is 36.2 Å². The molecule has 0 spiro atoms. The Kier molecular flexibility index (Phi) is 6.65. The van der Waals surface area contributed by atoms with Gasteiger partial charge < -0.3 is 4.55 Å². The van der Waals surface area contributed by atoms with Crippen molar-refractivity contribution in [1.29, 1.82) is 0 Å². The van der Waals surface area contributed by atoms with Crippen LogP contribution < -0.4 is 0 Å². The van der Waals surface area contributed by atoms with Gasteiger partial charge in [0, 0.05) is 17.0 Å². The second kappa shape index (κ2) is 8.33. The molecule has 29 heavy (non-hydrogen) atoms. The summed E-state index contributed by atoms with van der Waals surface area (Å²) in [6, 6.07) is 15.9. The minimum Gasteiger partial charge on any atom is -0.741 e. The molecule has 3 nitrogen and oxygen atoms in total. The van der Waals surface area contributed by atoms with Gasteiger partial charge in [0.2, 0.25) is 0 Å². The molecule has 0 bridgehead atoms. The molecule has 1 atom stereocenters. The molecule has 3 aromatic rings. The van der Waals surface area contributed by atoms with Gasteiger partial charge in [0.15, 0.2) is 19.7 Å². The van der Waals surface area contributed by atoms with Gasteiger partial charge in [-0.3, -0.25) is 0 Å². The molecular weight excluding hydrogens is 442 g/mol. The molecule has 3 rings (SSSR count). The van der Waals surface area contributed by atoms with E-state index in [9.17, 15) is 26.3 Å². The molecule has 1 unspecified atom stereocenters. The van der Waals surface area contributed by atoms with E-state index in [1.165, 1.54) is 0 Å². The van der Waals surface area contributed by atoms with Gasteiger partial charge >= 0.3 is 11.0 Å². The molecule has 0 aliphatic carbocycles. The largest absolute Gasteiger partial charge is 0.741 e. The monoisotopic (exact) mass is 456 g/mol. The Morgan fingerprint density at radius 2 is 1.52 bits per heavy atom. The number of hydrogen-bond donors (Lipinski definition) is 0. The molecule has 0 saturated carbocycles. The van der Waals surface area contributed by atoms with Crippen LogP contribution in [0.15, 0.2) is 54.6 Å². The van der Waals surface area contributed by atoms with E-state index in [1.807, 2.05) is 25.1 Å². The Hall–Kier alpha value is -2.11. The average molecular weight is 456 g/mol. The average Bonchev–Trinajstić information content (AvgIpc) is 3.00. The van der Waals surface area contributed by atoms with Crippen molar-refractivity contribution in [3.05, 3.63) is 60.2 Å². The number of rotatable bonds is 2. The van der Waals surface area contributed by atoms with Crippen LogP contribution in [0.5, 0.6) is 0 Å². The Morgan fingerprint density at radius 1 is 0.931 bits per heavy atom. The van der Waals surface area contributed by atoms with Crippen LogP contribution in [-0.4, -0.2) is 18.5 Å². The van der Waals surface area contributed by atoms with Gasteiger partial charge in [-0.15, -0.1) is 13.2 Å². The number of thiophene rings is 1. The van der Waals surface area contributed by atoms with E-state index < -0.39 is 31.6 Å². The molecule has 0 radical (unpaired) electrons. The van der Waals surface area contributed by atoms with Crippen LogP contribution in [0.1, 0.15) is 12.5 Å². The summed E-state index contributed by atoms with van der Waals surface area (Å²) < 4.78 is 99.9. The van der Waals surface area contributed by atoms with E-state index in [0.717, 1.165) is 12.0 Å². The number of benzene rings is 2. The summed E-state index contributed by atoms with van der Waals surface area (Å²) in [5.41, 5.74) is -8.17. The summed E-state index contributed by atoms with van der Waals surface area (Å²) in [6.45, 7) is 2.00. The van der Waals surface area contributed by atoms with Crippen LogP contribution in [0, 0.1) is 0 Å². The van der Waals surface area contributed by atoms with Crippen LogP contribution in [0.3, 0.4) is 0 Å². The lowest BCUT2D eigenvalue weighted by Gasteiger charge is -2.08. The molecule has 11 heteroatoms. The first-order valence-electron chi connectivity index (χ1n) is 7.99. The highest BCUT2D eigenvalue weighted by molar-refractivity contribution is 7.86. The zero-order valence-corrected chi connectivity index (χ0v) is 16.3. The van der Waals surface area contributed by atoms with Crippen molar-refractivity contribution < 1.29 is 39.3 Å². The third-order valence-electron chi connectivity index (χ3n) is 3.78. The maximum atomic E-state index is 13.5. The second-order valence-corrected chi connectivity index (χ2v) is 9.08. The summed E-state index contributed by atoms with van der Waals surface area (Å²) >= 11 is 0. The maximum Gasteiger partial charge on any atom is 0.601 e. The topological polar surface area (TPSA) is 57.2 Å². The van der Waals surface area contributed by atoms with Crippen LogP contribution in [-0.2, 0) is 22.0 Å². The third kappa shape index (κ3) is 5.49. The van der Waals surface area contributed by atoms with Crippen molar-refractivity contribution in [2.24, 2.45) is 0 Å². The fourth-order valence-corrected chi connectivity index (χ4v) is 4.42. The van der Waals surface area contributed by atoms with Gasteiger partial charge in [0.25, 0.3) is 0 Å². The number of halogens is 6. The third-order valence-corrected chi connectivity index (χ3v) is 6.41. The lowest BCUT2D eigenvalue weighted by molar-refractivity contribution is -0.0864.